The molecule has 0 aliphatic carbocycles. The average Bonchev–Trinajstić information content (AvgIpc) is 3.13. The first-order valence-corrected chi connectivity index (χ1v) is 6.99. The van der Waals surface area contributed by atoms with Crippen molar-refractivity contribution >= 4 is 11.9 Å². The second kappa shape index (κ2) is 8.01. The fourth-order valence-electron chi connectivity index (χ4n) is 2.13. The van der Waals surface area contributed by atoms with Crippen molar-refractivity contribution in [2.45, 2.75) is 37.9 Å². The standard InChI is InChI=1S/C14H20O6/c15-13(19-9-11-3-1-7-17-11)5-6-14(16)20-10-12-4-2-8-18-12/h5-6,11-12H,1-4,7-10H2. The molecule has 0 radical (unpaired) electrons. The fourth-order valence-corrected chi connectivity index (χ4v) is 2.13. The van der Waals surface area contributed by atoms with Gasteiger partial charge in [0.05, 0.1) is 12.2 Å². The summed E-state index contributed by atoms with van der Waals surface area (Å²) < 4.78 is 20.6. The summed E-state index contributed by atoms with van der Waals surface area (Å²) in [7, 11) is 0. The summed E-state index contributed by atoms with van der Waals surface area (Å²) in [4.78, 5) is 22.7. The molecule has 2 aliphatic rings. The molecule has 0 N–H and O–H groups in total. The first-order valence-electron chi connectivity index (χ1n) is 6.99. The van der Waals surface area contributed by atoms with E-state index in [9.17, 15) is 9.59 Å². The normalized spacial score (nSPS) is 26.0. The third kappa shape index (κ3) is 5.30. The van der Waals surface area contributed by atoms with Crippen LogP contribution in [0.2, 0.25) is 0 Å². The van der Waals surface area contributed by atoms with Gasteiger partial charge in [0, 0.05) is 25.4 Å². The van der Waals surface area contributed by atoms with Crippen LogP contribution in [0.15, 0.2) is 12.2 Å². The lowest BCUT2D eigenvalue weighted by molar-refractivity contribution is -0.143. The predicted octanol–water partition coefficient (Wildman–Crippen LogP) is 0.987. The highest BCUT2D eigenvalue weighted by atomic mass is 16.6. The minimum Gasteiger partial charge on any atom is -0.460 e. The van der Waals surface area contributed by atoms with E-state index in [1.54, 1.807) is 0 Å². The Morgan fingerprint density at radius 2 is 1.35 bits per heavy atom. The quantitative estimate of drug-likeness (QED) is 0.535. The molecule has 2 atom stereocenters. The smallest absolute Gasteiger partial charge is 0.331 e. The highest BCUT2D eigenvalue weighted by Gasteiger charge is 2.18. The van der Waals surface area contributed by atoms with Gasteiger partial charge in [-0.05, 0) is 25.7 Å². The molecule has 0 aromatic carbocycles. The molecule has 6 heteroatoms. The Balaban J connectivity index is 1.58. The van der Waals surface area contributed by atoms with Crippen molar-refractivity contribution in [3.05, 3.63) is 12.2 Å². The molecule has 0 bridgehead atoms. The van der Waals surface area contributed by atoms with E-state index in [0.717, 1.165) is 37.8 Å². The van der Waals surface area contributed by atoms with E-state index in [1.165, 1.54) is 0 Å². The molecule has 6 nitrogen and oxygen atoms in total. The van der Waals surface area contributed by atoms with Crippen LogP contribution in [0, 0.1) is 0 Å². The number of carbonyl (C=O) groups is 2. The number of ether oxygens (including phenoxy) is 4. The topological polar surface area (TPSA) is 71.1 Å². The van der Waals surface area contributed by atoms with Crippen molar-refractivity contribution in [3.8, 4) is 0 Å². The second-order valence-corrected chi connectivity index (χ2v) is 4.86. The second-order valence-electron chi connectivity index (χ2n) is 4.86. The largest absolute Gasteiger partial charge is 0.460 e. The van der Waals surface area contributed by atoms with Crippen LogP contribution in [0.4, 0.5) is 0 Å². The minimum atomic E-state index is -0.561. The van der Waals surface area contributed by atoms with Gasteiger partial charge in [0.25, 0.3) is 0 Å². The van der Waals surface area contributed by atoms with E-state index in [2.05, 4.69) is 0 Å². The lowest BCUT2D eigenvalue weighted by Crippen LogP contribution is -2.18. The van der Waals surface area contributed by atoms with Crippen molar-refractivity contribution in [2.75, 3.05) is 26.4 Å². The minimum absolute atomic E-state index is 0.0150. The summed E-state index contributed by atoms with van der Waals surface area (Å²) >= 11 is 0. The Bertz CT molecular complexity index is 319. The van der Waals surface area contributed by atoms with Gasteiger partial charge in [-0.15, -0.1) is 0 Å². The lowest BCUT2D eigenvalue weighted by Gasteiger charge is -2.09. The zero-order chi connectivity index (χ0) is 14.2. The van der Waals surface area contributed by atoms with Gasteiger partial charge in [-0.3, -0.25) is 0 Å². The molecule has 2 aliphatic heterocycles. The maximum absolute atomic E-state index is 11.4. The molecule has 0 spiro atoms. The summed E-state index contributed by atoms with van der Waals surface area (Å²) in [6.45, 7) is 1.89. The van der Waals surface area contributed by atoms with Crippen molar-refractivity contribution in [1.82, 2.24) is 0 Å². The summed E-state index contributed by atoms with van der Waals surface area (Å²) in [5.41, 5.74) is 0. The van der Waals surface area contributed by atoms with Gasteiger partial charge in [0.1, 0.15) is 13.2 Å². The number of hydrogen-bond acceptors (Lipinski definition) is 6. The predicted molar refractivity (Wildman–Crippen MR) is 69.0 cm³/mol. The number of esters is 2. The Morgan fingerprint density at radius 1 is 0.900 bits per heavy atom. The van der Waals surface area contributed by atoms with Crippen molar-refractivity contribution in [2.24, 2.45) is 0 Å². The lowest BCUT2D eigenvalue weighted by atomic mass is 10.2. The summed E-state index contributed by atoms with van der Waals surface area (Å²) in [6, 6.07) is 0. The van der Waals surface area contributed by atoms with Crippen LogP contribution in [-0.4, -0.2) is 50.6 Å². The Hall–Kier alpha value is -1.40. The van der Waals surface area contributed by atoms with Crippen LogP contribution in [0.1, 0.15) is 25.7 Å². The Morgan fingerprint density at radius 3 is 1.70 bits per heavy atom. The molecular formula is C14H20O6. The maximum atomic E-state index is 11.4. The average molecular weight is 284 g/mol. The first-order chi connectivity index (χ1) is 9.74. The molecule has 2 heterocycles. The zero-order valence-corrected chi connectivity index (χ0v) is 11.4. The highest BCUT2D eigenvalue weighted by Crippen LogP contribution is 2.12. The van der Waals surface area contributed by atoms with Gasteiger partial charge in [-0.1, -0.05) is 0 Å². The first kappa shape index (κ1) is 15.0. The molecule has 0 aromatic heterocycles. The molecule has 112 valence electrons. The van der Waals surface area contributed by atoms with Crippen LogP contribution in [-0.2, 0) is 28.5 Å². The van der Waals surface area contributed by atoms with E-state index in [-0.39, 0.29) is 25.4 Å². The van der Waals surface area contributed by atoms with Crippen molar-refractivity contribution in [3.63, 3.8) is 0 Å². The summed E-state index contributed by atoms with van der Waals surface area (Å²) in [5.74, 6) is -1.12. The van der Waals surface area contributed by atoms with Gasteiger partial charge in [0.15, 0.2) is 0 Å². The Kier molecular flexibility index (Phi) is 6.01. The Labute approximate surface area is 118 Å². The van der Waals surface area contributed by atoms with Crippen LogP contribution in [0.3, 0.4) is 0 Å². The molecule has 20 heavy (non-hydrogen) atoms. The van der Waals surface area contributed by atoms with Crippen LogP contribution in [0.25, 0.3) is 0 Å². The van der Waals surface area contributed by atoms with Gasteiger partial charge >= 0.3 is 11.9 Å². The molecule has 2 unspecified atom stereocenters. The molecular weight excluding hydrogens is 264 g/mol. The third-order valence-electron chi connectivity index (χ3n) is 3.23. The number of carbonyl (C=O) groups excluding carboxylic acids is 2. The third-order valence-corrected chi connectivity index (χ3v) is 3.23. The molecule has 0 aromatic rings. The van der Waals surface area contributed by atoms with E-state index in [0.29, 0.717) is 13.2 Å². The molecule has 2 saturated heterocycles. The summed E-state index contributed by atoms with van der Waals surface area (Å²) in [6.07, 6.45) is 5.92. The molecule has 2 fully saturated rings. The van der Waals surface area contributed by atoms with Gasteiger partial charge in [-0.25, -0.2) is 9.59 Å². The van der Waals surface area contributed by atoms with Gasteiger partial charge in [0.2, 0.25) is 0 Å². The number of rotatable bonds is 6. The van der Waals surface area contributed by atoms with Gasteiger partial charge in [-0.2, -0.15) is 0 Å². The van der Waals surface area contributed by atoms with Crippen molar-refractivity contribution < 1.29 is 28.5 Å². The molecule has 0 saturated carbocycles. The van der Waals surface area contributed by atoms with E-state index in [1.807, 2.05) is 0 Å². The number of hydrogen-bond donors (Lipinski definition) is 0. The summed E-state index contributed by atoms with van der Waals surface area (Å²) in [5, 5.41) is 0. The van der Waals surface area contributed by atoms with Crippen LogP contribution in [0.5, 0.6) is 0 Å². The highest BCUT2D eigenvalue weighted by molar-refractivity contribution is 5.91. The van der Waals surface area contributed by atoms with E-state index in [4.69, 9.17) is 18.9 Å². The van der Waals surface area contributed by atoms with E-state index < -0.39 is 11.9 Å². The van der Waals surface area contributed by atoms with Crippen LogP contribution < -0.4 is 0 Å². The monoisotopic (exact) mass is 284 g/mol. The maximum Gasteiger partial charge on any atom is 0.331 e. The van der Waals surface area contributed by atoms with E-state index >= 15 is 0 Å². The molecule has 2 rings (SSSR count). The zero-order valence-electron chi connectivity index (χ0n) is 11.4. The fraction of sp³-hybridized carbons (Fsp3) is 0.714. The molecule has 0 amide bonds. The SMILES string of the molecule is O=C(C=CC(=O)OCC1CCCO1)OCC1CCCO1. The van der Waals surface area contributed by atoms with Gasteiger partial charge < -0.3 is 18.9 Å². The van der Waals surface area contributed by atoms with Crippen molar-refractivity contribution in [1.29, 1.82) is 0 Å². The van der Waals surface area contributed by atoms with Crippen LogP contribution >= 0.6 is 0 Å².